The van der Waals surface area contributed by atoms with Gasteiger partial charge in [-0.15, -0.1) is 23.5 Å². The van der Waals surface area contributed by atoms with Gasteiger partial charge >= 0.3 is 11.9 Å². The maximum atomic E-state index is 12.8. The molecule has 2 aliphatic heterocycles. The number of ether oxygens (including phenoxy) is 2. The molecule has 0 radical (unpaired) electrons. The summed E-state index contributed by atoms with van der Waals surface area (Å²) >= 11 is 3.19. The normalized spacial score (nSPS) is 25.6. The second-order valence-electron chi connectivity index (χ2n) is 9.16. The molecular weight excluding hydrogens is 528 g/mol. The molecule has 9 nitrogen and oxygen atoms in total. The van der Waals surface area contributed by atoms with Crippen molar-refractivity contribution in [2.24, 2.45) is 0 Å². The van der Waals surface area contributed by atoms with Gasteiger partial charge in [-0.25, -0.2) is 9.59 Å². The van der Waals surface area contributed by atoms with E-state index in [1.165, 1.54) is 7.11 Å². The standard InChI is InChI=1S/C27H32N2O7S2/c1-16-22(30)28(24(37-16)18-4-8-20(9-5-18)26(32)33)12-14-36-15-13-29-23(31)17(2)38-25(29)19-6-10-21(11-7-19)27(34)35-3/h4-11,16-17,22,24-25,30H,12-15H2,1-3H3,(H,32,33). The van der Waals surface area contributed by atoms with Crippen LogP contribution in [0.15, 0.2) is 48.5 Å². The summed E-state index contributed by atoms with van der Waals surface area (Å²) in [4.78, 5) is 39.5. The van der Waals surface area contributed by atoms with Crippen LogP contribution in [0.1, 0.15) is 56.4 Å². The molecule has 204 valence electrons. The van der Waals surface area contributed by atoms with Crippen molar-refractivity contribution in [2.75, 3.05) is 33.4 Å². The largest absolute Gasteiger partial charge is 0.478 e. The van der Waals surface area contributed by atoms with Gasteiger partial charge in [-0.2, -0.15) is 0 Å². The van der Waals surface area contributed by atoms with E-state index in [0.717, 1.165) is 11.1 Å². The van der Waals surface area contributed by atoms with Crippen LogP contribution in [-0.2, 0) is 14.3 Å². The molecule has 2 aromatic carbocycles. The molecule has 0 bridgehead atoms. The van der Waals surface area contributed by atoms with Gasteiger partial charge in [-0.3, -0.25) is 9.69 Å². The smallest absolute Gasteiger partial charge is 0.337 e. The number of carbonyl (C=O) groups is 3. The maximum Gasteiger partial charge on any atom is 0.337 e. The van der Waals surface area contributed by atoms with Gasteiger partial charge in [0.05, 0.1) is 42.1 Å². The number of aromatic carboxylic acids is 1. The fourth-order valence-corrected chi connectivity index (χ4v) is 7.28. The lowest BCUT2D eigenvalue weighted by atomic mass is 10.1. The lowest BCUT2D eigenvalue weighted by Crippen LogP contribution is -2.38. The number of hydrogen-bond donors (Lipinski definition) is 2. The Balaban J connectivity index is 1.32. The van der Waals surface area contributed by atoms with E-state index in [1.807, 2.05) is 30.9 Å². The number of amides is 1. The molecule has 4 rings (SSSR count). The van der Waals surface area contributed by atoms with E-state index in [4.69, 9.17) is 14.6 Å². The number of benzene rings is 2. The zero-order valence-electron chi connectivity index (χ0n) is 21.5. The number of carbonyl (C=O) groups excluding carboxylic acids is 2. The van der Waals surface area contributed by atoms with Crippen LogP contribution in [0.2, 0.25) is 0 Å². The Hall–Kier alpha value is -2.57. The number of carboxylic acid groups (broad SMARTS) is 1. The third kappa shape index (κ3) is 6.18. The molecule has 2 saturated heterocycles. The van der Waals surface area contributed by atoms with Gasteiger partial charge in [0, 0.05) is 18.3 Å². The number of nitrogens with zero attached hydrogens (tertiary/aromatic N) is 2. The first-order chi connectivity index (χ1) is 18.2. The van der Waals surface area contributed by atoms with Crippen molar-refractivity contribution >= 4 is 41.4 Å². The van der Waals surface area contributed by atoms with Crippen molar-refractivity contribution in [3.8, 4) is 0 Å². The Morgan fingerprint density at radius 2 is 1.47 bits per heavy atom. The average molecular weight is 561 g/mol. The predicted octanol–water partition coefficient (Wildman–Crippen LogP) is 3.61. The minimum Gasteiger partial charge on any atom is -0.478 e. The summed E-state index contributed by atoms with van der Waals surface area (Å²) in [6.45, 7) is 5.48. The number of carboxylic acids is 1. The highest BCUT2D eigenvalue weighted by Gasteiger charge is 2.40. The molecule has 2 fully saturated rings. The van der Waals surface area contributed by atoms with E-state index in [-0.39, 0.29) is 32.7 Å². The van der Waals surface area contributed by atoms with Gasteiger partial charge in [-0.05, 0) is 49.2 Å². The Morgan fingerprint density at radius 3 is 2.08 bits per heavy atom. The van der Waals surface area contributed by atoms with Gasteiger partial charge in [0.1, 0.15) is 11.6 Å². The topological polar surface area (TPSA) is 117 Å². The van der Waals surface area contributed by atoms with Crippen LogP contribution in [0.4, 0.5) is 0 Å². The molecule has 11 heteroatoms. The van der Waals surface area contributed by atoms with Crippen LogP contribution >= 0.6 is 23.5 Å². The number of methoxy groups -OCH3 is 1. The number of hydrogen-bond acceptors (Lipinski definition) is 9. The molecule has 0 aliphatic carbocycles. The molecule has 1 amide bonds. The van der Waals surface area contributed by atoms with E-state index < -0.39 is 18.2 Å². The number of aliphatic hydroxyl groups excluding tert-OH is 1. The van der Waals surface area contributed by atoms with Crippen molar-refractivity contribution in [3.63, 3.8) is 0 Å². The summed E-state index contributed by atoms with van der Waals surface area (Å²) in [6.07, 6.45) is -0.650. The Morgan fingerprint density at radius 1 is 0.895 bits per heavy atom. The number of aliphatic hydroxyl groups is 1. The van der Waals surface area contributed by atoms with Crippen LogP contribution in [0, 0.1) is 0 Å². The molecule has 0 saturated carbocycles. The molecule has 0 aromatic heterocycles. The minimum absolute atomic E-state index is 0.00814. The molecular formula is C27H32N2O7S2. The Kier molecular flexibility index (Phi) is 9.37. The van der Waals surface area contributed by atoms with E-state index in [1.54, 1.807) is 64.8 Å². The van der Waals surface area contributed by atoms with Crippen molar-refractivity contribution < 1.29 is 34.1 Å². The van der Waals surface area contributed by atoms with Crippen molar-refractivity contribution in [3.05, 3.63) is 70.8 Å². The summed E-state index contributed by atoms with van der Waals surface area (Å²) < 4.78 is 10.7. The van der Waals surface area contributed by atoms with E-state index >= 15 is 0 Å². The summed E-state index contributed by atoms with van der Waals surface area (Å²) in [5, 5.41) is 19.4. The van der Waals surface area contributed by atoms with Crippen molar-refractivity contribution in [2.45, 2.75) is 41.3 Å². The molecule has 38 heavy (non-hydrogen) atoms. The zero-order chi connectivity index (χ0) is 27.4. The van der Waals surface area contributed by atoms with Gasteiger partial charge in [-0.1, -0.05) is 24.3 Å². The quantitative estimate of drug-likeness (QED) is 0.330. The molecule has 5 atom stereocenters. The highest BCUT2D eigenvalue weighted by atomic mass is 32.2. The Labute approximate surface area is 230 Å². The number of esters is 1. The average Bonchev–Trinajstić information content (AvgIpc) is 3.37. The highest BCUT2D eigenvalue weighted by Crippen LogP contribution is 2.45. The van der Waals surface area contributed by atoms with Gasteiger partial charge < -0.3 is 24.6 Å². The van der Waals surface area contributed by atoms with Gasteiger partial charge in [0.15, 0.2) is 0 Å². The summed E-state index contributed by atoms with van der Waals surface area (Å²) in [5.74, 6) is -1.33. The molecule has 2 aromatic rings. The summed E-state index contributed by atoms with van der Waals surface area (Å²) in [6, 6.07) is 13.8. The Bertz CT molecular complexity index is 1150. The molecule has 2 N–H and O–H groups in total. The van der Waals surface area contributed by atoms with E-state index in [0.29, 0.717) is 31.9 Å². The van der Waals surface area contributed by atoms with Crippen molar-refractivity contribution in [1.29, 1.82) is 0 Å². The van der Waals surface area contributed by atoms with Crippen LogP contribution in [0.5, 0.6) is 0 Å². The van der Waals surface area contributed by atoms with Crippen LogP contribution in [-0.4, -0.2) is 88.0 Å². The van der Waals surface area contributed by atoms with Gasteiger partial charge in [0.25, 0.3) is 0 Å². The zero-order valence-corrected chi connectivity index (χ0v) is 23.1. The first-order valence-corrected chi connectivity index (χ1v) is 14.2. The molecule has 2 heterocycles. The molecule has 0 spiro atoms. The van der Waals surface area contributed by atoms with Crippen LogP contribution in [0.25, 0.3) is 0 Å². The monoisotopic (exact) mass is 560 g/mol. The minimum atomic E-state index is -0.973. The van der Waals surface area contributed by atoms with Crippen LogP contribution in [0.3, 0.4) is 0 Å². The number of rotatable bonds is 10. The first kappa shape index (κ1) is 28.4. The van der Waals surface area contributed by atoms with Crippen LogP contribution < -0.4 is 0 Å². The fraction of sp³-hybridized carbons (Fsp3) is 0.444. The predicted molar refractivity (Wildman–Crippen MR) is 146 cm³/mol. The second kappa shape index (κ2) is 12.5. The fourth-order valence-electron chi connectivity index (χ4n) is 4.57. The number of thioether (sulfide) groups is 2. The maximum absolute atomic E-state index is 12.8. The van der Waals surface area contributed by atoms with E-state index in [2.05, 4.69) is 0 Å². The lowest BCUT2D eigenvalue weighted by molar-refractivity contribution is -0.130. The third-order valence-electron chi connectivity index (χ3n) is 6.68. The SMILES string of the molecule is COC(=O)c1ccc(C2SC(C)C(=O)N2CCOCCN2C(c3ccc(C(=O)O)cc3)SC(C)C2O)cc1. The molecule has 5 unspecified atom stereocenters. The van der Waals surface area contributed by atoms with Gasteiger partial charge in [0.2, 0.25) is 5.91 Å². The third-order valence-corrected chi connectivity index (χ3v) is 9.55. The molecule has 2 aliphatic rings. The highest BCUT2D eigenvalue weighted by molar-refractivity contribution is 8.01. The second-order valence-corrected chi connectivity index (χ2v) is 12.0. The first-order valence-electron chi connectivity index (χ1n) is 12.4. The van der Waals surface area contributed by atoms with Crippen molar-refractivity contribution in [1.82, 2.24) is 9.80 Å². The summed E-state index contributed by atoms with van der Waals surface area (Å²) in [7, 11) is 1.34. The lowest BCUT2D eigenvalue weighted by Gasteiger charge is -2.27. The van der Waals surface area contributed by atoms with E-state index in [9.17, 15) is 19.5 Å². The summed E-state index contributed by atoms with van der Waals surface area (Å²) in [5.41, 5.74) is 2.55.